The lowest BCUT2D eigenvalue weighted by molar-refractivity contribution is -0.123. The maximum atomic E-state index is 11.6. The maximum Gasteiger partial charge on any atom is 0.257 e. The van der Waals surface area contributed by atoms with Gasteiger partial charge in [-0.1, -0.05) is 13.0 Å². The van der Waals surface area contributed by atoms with Gasteiger partial charge in [0.05, 0.1) is 20.2 Å². The fourth-order valence-electron chi connectivity index (χ4n) is 2.71. The van der Waals surface area contributed by atoms with Gasteiger partial charge in [-0.25, -0.2) is 4.99 Å². The Morgan fingerprint density at radius 2 is 1.74 bits per heavy atom. The standard InChI is InChI=1S/C22H32N4O3S.HI/c1-5-17-9-10-18(30-17)14-26-22(24-7-3)25-13-16-8-11-19(20(12-16)28-4)29-15-21(27)23-6-2;/h8-12H,5-7,13-15H2,1-4H3,(H,23,27)(H2,24,25,26);1H. The number of amides is 1. The number of carbonyl (C=O) groups is 1. The van der Waals surface area contributed by atoms with Crippen LogP contribution in [0, 0.1) is 0 Å². The average molecular weight is 561 g/mol. The third-order valence-corrected chi connectivity index (χ3v) is 5.45. The monoisotopic (exact) mass is 560 g/mol. The van der Waals surface area contributed by atoms with E-state index in [1.54, 1.807) is 13.2 Å². The van der Waals surface area contributed by atoms with Crippen molar-refractivity contribution in [1.82, 2.24) is 16.0 Å². The average Bonchev–Trinajstić information content (AvgIpc) is 3.22. The highest BCUT2D eigenvalue weighted by atomic mass is 127. The molecule has 7 nitrogen and oxygen atoms in total. The van der Waals surface area contributed by atoms with Crippen LogP contribution >= 0.6 is 35.3 Å². The number of aliphatic imine (C=N–C) groups is 1. The first kappa shape index (κ1) is 27.0. The largest absolute Gasteiger partial charge is 0.493 e. The van der Waals surface area contributed by atoms with Crippen LogP contribution in [0.2, 0.25) is 0 Å². The Balaban J connectivity index is 0.00000480. The Hall–Kier alpha value is -2.01. The first-order valence-electron chi connectivity index (χ1n) is 10.3. The van der Waals surface area contributed by atoms with E-state index in [0.717, 1.165) is 31.0 Å². The lowest BCUT2D eigenvalue weighted by Crippen LogP contribution is -2.36. The molecule has 0 aliphatic carbocycles. The van der Waals surface area contributed by atoms with Crippen molar-refractivity contribution < 1.29 is 14.3 Å². The van der Waals surface area contributed by atoms with Gasteiger partial charge in [0.1, 0.15) is 0 Å². The Morgan fingerprint density at radius 1 is 1.00 bits per heavy atom. The molecule has 0 atom stereocenters. The predicted molar refractivity (Wildman–Crippen MR) is 138 cm³/mol. The molecule has 0 spiro atoms. The molecule has 2 rings (SSSR count). The summed E-state index contributed by atoms with van der Waals surface area (Å²) in [6.07, 6.45) is 1.06. The molecule has 1 aromatic heterocycles. The number of guanidine groups is 1. The molecule has 172 valence electrons. The zero-order valence-electron chi connectivity index (χ0n) is 18.6. The van der Waals surface area contributed by atoms with Gasteiger partial charge in [-0.2, -0.15) is 0 Å². The molecule has 3 N–H and O–H groups in total. The number of aryl methyl sites for hydroxylation is 1. The van der Waals surface area contributed by atoms with Crippen molar-refractivity contribution >= 4 is 47.2 Å². The Bertz CT molecular complexity index is 842. The molecule has 2 aromatic rings. The summed E-state index contributed by atoms with van der Waals surface area (Å²) in [6.45, 7) is 8.63. The van der Waals surface area contributed by atoms with Crippen LogP contribution < -0.4 is 25.4 Å². The van der Waals surface area contributed by atoms with Crippen LogP contribution in [-0.4, -0.2) is 38.7 Å². The first-order valence-corrected chi connectivity index (χ1v) is 11.1. The fourth-order valence-corrected chi connectivity index (χ4v) is 3.61. The number of likely N-dealkylation sites (N-methyl/N-ethyl adjacent to an activating group) is 1. The highest BCUT2D eigenvalue weighted by Gasteiger charge is 2.09. The number of rotatable bonds is 11. The van der Waals surface area contributed by atoms with Gasteiger partial charge in [-0.05, 0) is 50.1 Å². The molecule has 1 aromatic carbocycles. The molecular formula is C22H33IN4O3S. The number of hydrogen-bond acceptors (Lipinski definition) is 5. The van der Waals surface area contributed by atoms with Crippen molar-refractivity contribution in [2.75, 3.05) is 26.8 Å². The van der Waals surface area contributed by atoms with Gasteiger partial charge in [0, 0.05) is 22.8 Å². The third-order valence-electron chi connectivity index (χ3n) is 4.22. The molecule has 0 fully saturated rings. The molecule has 31 heavy (non-hydrogen) atoms. The summed E-state index contributed by atoms with van der Waals surface area (Å²) >= 11 is 1.82. The lowest BCUT2D eigenvalue weighted by atomic mass is 10.2. The van der Waals surface area contributed by atoms with Crippen LogP contribution in [0.25, 0.3) is 0 Å². The number of thiophene rings is 1. The van der Waals surface area contributed by atoms with Crippen molar-refractivity contribution in [1.29, 1.82) is 0 Å². The summed E-state index contributed by atoms with van der Waals surface area (Å²) in [7, 11) is 1.58. The van der Waals surface area contributed by atoms with E-state index in [1.165, 1.54) is 9.75 Å². The summed E-state index contributed by atoms with van der Waals surface area (Å²) < 4.78 is 11.0. The zero-order valence-corrected chi connectivity index (χ0v) is 21.8. The van der Waals surface area contributed by atoms with Crippen molar-refractivity contribution in [3.05, 3.63) is 45.6 Å². The summed E-state index contributed by atoms with van der Waals surface area (Å²) in [4.78, 5) is 18.9. The van der Waals surface area contributed by atoms with Crippen molar-refractivity contribution in [3.8, 4) is 11.5 Å². The number of nitrogens with one attached hydrogen (secondary N) is 3. The van der Waals surface area contributed by atoms with Crippen LogP contribution in [-0.2, 0) is 24.3 Å². The topological polar surface area (TPSA) is 84.0 Å². The summed E-state index contributed by atoms with van der Waals surface area (Å²) in [6, 6.07) is 9.95. The minimum absolute atomic E-state index is 0. The number of halogens is 1. The van der Waals surface area contributed by atoms with Gasteiger partial charge in [-0.15, -0.1) is 35.3 Å². The van der Waals surface area contributed by atoms with Gasteiger partial charge in [0.15, 0.2) is 24.1 Å². The Kier molecular flexibility index (Phi) is 13.0. The molecule has 0 saturated heterocycles. The highest BCUT2D eigenvalue weighted by Crippen LogP contribution is 2.28. The smallest absolute Gasteiger partial charge is 0.257 e. The van der Waals surface area contributed by atoms with E-state index in [9.17, 15) is 4.79 Å². The quantitative estimate of drug-likeness (QED) is 0.222. The lowest BCUT2D eigenvalue weighted by Gasteiger charge is -2.13. The predicted octanol–water partition coefficient (Wildman–Crippen LogP) is 3.71. The number of nitrogens with zero attached hydrogens (tertiary/aromatic N) is 1. The summed E-state index contributed by atoms with van der Waals surface area (Å²) in [5.74, 6) is 1.72. The van der Waals surface area contributed by atoms with E-state index in [2.05, 4.69) is 40.0 Å². The second kappa shape index (κ2) is 14.9. The number of hydrogen-bond donors (Lipinski definition) is 3. The summed E-state index contributed by atoms with van der Waals surface area (Å²) in [5.41, 5.74) is 0.985. The normalized spacial score (nSPS) is 10.8. The molecule has 0 bridgehead atoms. The van der Waals surface area contributed by atoms with Gasteiger partial charge < -0.3 is 25.4 Å². The molecule has 9 heteroatoms. The van der Waals surface area contributed by atoms with Crippen LogP contribution in [0.4, 0.5) is 0 Å². The van der Waals surface area contributed by atoms with Crippen molar-refractivity contribution in [2.45, 2.75) is 40.3 Å². The van der Waals surface area contributed by atoms with E-state index in [1.807, 2.05) is 37.3 Å². The van der Waals surface area contributed by atoms with Crippen LogP contribution in [0.3, 0.4) is 0 Å². The van der Waals surface area contributed by atoms with Crippen LogP contribution in [0.1, 0.15) is 36.1 Å². The first-order chi connectivity index (χ1) is 14.6. The minimum Gasteiger partial charge on any atom is -0.493 e. The molecular weight excluding hydrogens is 527 g/mol. The molecule has 0 aliphatic rings. The van der Waals surface area contributed by atoms with Crippen molar-refractivity contribution in [2.24, 2.45) is 4.99 Å². The van der Waals surface area contributed by atoms with Gasteiger partial charge >= 0.3 is 0 Å². The van der Waals surface area contributed by atoms with E-state index >= 15 is 0 Å². The molecule has 1 amide bonds. The second-order valence-corrected chi connectivity index (χ2v) is 7.75. The summed E-state index contributed by atoms with van der Waals surface area (Å²) in [5, 5.41) is 9.35. The van der Waals surface area contributed by atoms with E-state index in [-0.39, 0.29) is 36.5 Å². The maximum absolute atomic E-state index is 11.6. The Morgan fingerprint density at radius 3 is 2.39 bits per heavy atom. The minimum atomic E-state index is -0.161. The van der Waals surface area contributed by atoms with Gasteiger partial charge in [0.25, 0.3) is 5.91 Å². The SMILES string of the molecule is CCNC(=O)COc1ccc(CN=C(NCC)NCc2ccc(CC)s2)cc1OC.I. The fraction of sp³-hybridized carbons (Fsp3) is 0.455. The van der Waals surface area contributed by atoms with Crippen molar-refractivity contribution in [3.63, 3.8) is 0 Å². The molecule has 0 unspecified atom stereocenters. The third kappa shape index (κ3) is 9.34. The van der Waals surface area contributed by atoms with Crippen LogP contribution in [0.15, 0.2) is 35.3 Å². The molecule has 0 aliphatic heterocycles. The number of methoxy groups -OCH3 is 1. The number of benzene rings is 1. The second-order valence-electron chi connectivity index (χ2n) is 6.50. The van der Waals surface area contributed by atoms with E-state index in [0.29, 0.717) is 24.6 Å². The van der Waals surface area contributed by atoms with Crippen LogP contribution in [0.5, 0.6) is 11.5 Å². The number of carbonyl (C=O) groups excluding carboxylic acids is 1. The molecule has 0 saturated carbocycles. The Labute approximate surface area is 206 Å². The van der Waals surface area contributed by atoms with Gasteiger partial charge in [0.2, 0.25) is 0 Å². The molecule has 0 radical (unpaired) electrons. The molecule has 1 heterocycles. The number of ether oxygens (including phenoxy) is 2. The highest BCUT2D eigenvalue weighted by molar-refractivity contribution is 14.0. The van der Waals surface area contributed by atoms with E-state index in [4.69, 9.17) is 9.47 Å². The van der Waals surface area contributed by atoms with Gasteiger partial charge in [-0.3, -0.25) is 4.79 Å². The van der Waals surface area contributed by atoms with E-state index < -0.39 is 0 Å². The zero-order chi connectivity index (χ0) is 21.8.